The highest BCUT2D eigenvalue weighted by Gasteiger charge is 2.31. The van der Waals surface area contributed by atoms with Crippen molar-refractivity contribution in [1.29, 1.82) is 0 Å². The quantitative estimate of drug-likeness (QED) is 0.131. The van der Waals surface area contributed by atoms with Crippen molar-refractivity contribution >= 4 is 0 Å². The summed E-state index contributed by atoms with van der Waals surface area (Å²) in [4.78, 5) is 0. The van der Waals surface area contributed by atoms with Gasteiger partial charge in [0.05, 0.1) is 6.10 Å². The van der Waals surface area contributed by atoms with Crippen LogP contribution >= 0.6 is 0 Å². The van der Waals surface area contributed by atoms with Crippen LogP contribution in [0.15, 0.2) is 48.1 Å². The third-order valence-electron chi connectivity index (χ3n) is 8.61. The van der Waals surface area contributed by atoms with Crippen molar-refractivity contribution in [2.24, 2.45) is 29.6 Å². The van der Waals surface area contributed by atoms with Gasteiger partial charge in [-0.05, 0) is 75.5 Å². The Morgan fingerprint density at radius 3 is 2.31 bits per heavy atom. The summed E-state index contributed by atoms with van der Waals surface area (Å²) in [6.45, 7) is 18.0. The highest BCUT2D eigenvalue weighted by molar-refractivity contribution is 5.17. The summed E-state index contributed by atoms with van der Waals surface area (Å²) in [6, 6.07) is 0. The topological polar surface area (TPSA) is 9.23 Å². The molecule has 1 fully saturated rings. The molecule has 0 amide bonds. The van der Waals surface area contributed by atoms with Crippen LogP contribution in [0.4, 0.5) is 0 Å². The van der Waals surface area contributed by atoms with E-state index >= 15 is 0 Å². The zero-order chi connectivity index (χ0) is 26.1. The largest absolute Gasteiger partial charge is 0.381 e. The Labute approximate surface area is 220 Å². The molecule has 1 aliphatic rings. The normalized spacial score (nSPS) is 20.2. The zero-order valence-corrected chi connectivity index (χ0v) is 24.7. The molecule has 0 aromatic rings. The number of methoxy groups -OCH3 is 1. The van der Waals surface area contributed by atoms with E-state index in [0.29, 0.717) is 17.9 Å². The summed E-state index contributed by atoms with van der Waals surface area (Å²) >= 11 is 0. The van der Waals surface area contributed by atoms with Crippen LogP contribution in [0.5, 0.6) is 0 Å². The summed E-state index contributed by atoms with van der Waals surface area (Å²) in [5, 5.41) is 0. The number of allylic oxidation sites excluding steroid dienone is 7. The smallest absolute Gasteiger partial charge is 0.0628 e. The molecule has 0 aromatic carbocycles. The van der Waals surface area contributed by atoms with Gasteiger partial charge in [0.2, 0.25) is 0 Å². The van der Waals surface area contributed by atoms with E-state index in [1.54, 1.807) is 0 Å². The molecular formula is C34H60O. The summed E-state index contributed by atoms with van der Waals surface area (Å²) in [6.07, 6.45) is 28.8. The van der Waals surface area contributed by atoms with Crippen molar-refractivity contribution < 1.29 is 4.74 Å². The highest BCUT2D eigenvalue weighted by Crippen LogP contribution is 2.37. The maximum Gasteiger partial charge on any atom is 0.0628 e. The Morgan fingerprint density at radius 2 is 1.74 bits per heavy atom. The Kier molecular flexibility index (Phi) is 17.4. The van der Waals surface area contributed by atoms with Gasteiger partial charge < -0.3 is 4.74 Å². The molecule has 0 heterocycles. The lowest BCUT2D eigenvalue weighted by Crippen LogP contribution is -2.32. The van der Waals surface area contributed by atoms with Crippen LogP contribution < -0.4 is 0 Å². The van der Waals surface area contributed by atoms with Crippen LogP contribution in [-0.2, 0) is 4.74 Å². The van der Waals surface area contributed by atoms with Gasteiger partial charge in [-0.15, -0.1) is 0 Å². The van der Waals surface area contributed by atoms with E-state index in [9.17, 15) is 0 Å². The first-order chi connectivity index (χ1) is 16.9. The fourth-order valence-corrected chi connectivity index (χ4v) is 6.56. The summed E-state index contributed by atoms with van der Waals surface area (Å²) in [5.41, 5.74) is 2.90. The van der Waals surface area contributed by atoms with Gasteiger partial charge in [-0.2, -0.15) is 0 Å². The van der Waals surface area contributed by atoms with Crippen molar-refractivity contribution in [3.63, 3.8) is 0 Å². The van der Waals surface area contributed by atoms with Gasteiger partial charge >= 0.3 is 0 Å². The average Bonchev–Trinajstić information content (AvgIpc) is 3.39. The van der Waals surface area contributed by atoms with Crippen LogP contribution in [0, 0.1) is 29.6 Å². The SMILES string of the molecule is C=CC(=CCC(C)CC(CCC)CCCCC(C=CC)=CC)CC(C)C(OC)C(C)C1CCCC1. The first kappa shape index (κ1) is 31.9. The van der Waals surface area contributed by atoms with Crippen molar-refractivity contribution in [1.82, 2.24) is 0 Å². The van der Waals surface area contributed by atoms with E-state index < -0.39 is 0 Å². The molecule has 1 aliphatic carbocycles. The molecule has 35 heavy (non-hydrogen) atoms. The monoisotopic (exact) mass is 484 g/mol. The maximum absolute atomic E-state index is 6.05. The molecule has 0 aromatic heterocycles. The molecule has 1 nitrogen and oxygen atoms in total. The molecule has 1 heteroatoms. The number of unbranched alkanes of at least 4 members (excludes halogenated alkanes) is 1. The Morgan fingerprint density at radius 1 is 1.03 bits per heavy atom. The molecule has 1 saturated carbocycles. The van der Waals surface area contributed by atoms with Gasteiger partial charge in [0.15, 0.2) is 0 Å². The van der Waals surface area contributed by atoms with Gasteiger partial charge in [0, 0.05) is 7.11 Å². The van der Waals surface area contributed by atoms with E-state index in [2.05, 4.69) is 78.5 Å². The minimum atomic E-state index is 0.351. The first-order valence-electron chi connectivity index (χ1n) is 15.0. The standard InChI is InChI=1S/C34H60O/c1-9-17-30(11-3)19-13-14-20-32(18-10-2)25-27(5)23-24-31(12-4)26-28(6)34(35-8)29(7)33-21-15-16-22-33/h9,11-12,17,24,27-29,32-34H,4,10,13-16,18-23,25-26H2,1-3,5-8H3. The average molecular weight is 485 g/mol. The Bertz CT molecular complexity index is 633. The minimum Gasteiger partial charge on any atom is -0.381 e. The molecule has 0 aliphatic heterocycles. The van der Waals surface area contributed by atoms with Crippen LogP contribution in [0.25, 0.3) is 0 Å². The summed E-state index contributed by atoms with van der Waals surface area (Å²) in [7, 11) is 1.92. The van der Waals surface area contributed by atoms with Crippen molar-refractivity contribution in [3.05, 3.63) is 48.1 Å². The third-order valence-corrected chi connectivity index (χ3v) is 8.61. The third kappa shape index (κ3) is 12.6. The molecule has 202 valence electrons. The summed E-state index contributed by atoms with van der Waals surface area (Å²) < 4.78 is 6.05. The molecule has 0 N–H and O–H groups in total. The Hall–Kier alpha value is -1.08. The fraction of sp³-hybridized carbons (Fsp3) is 0.765. The van der Waals surface area contributed by atoms with Gasteiger partial charge in [-0.25, -0.2) is 0 Å². The molecule has 0 bridgehead atoms. The van der Waals surface area contributed by atoms with Crippen LogP contribution in [0.1, 0.15) is 125 Å². The number of hydrogen-bond donors (Lipinski definition) is 0. The van der Waals surface area contributed by atoms with Crippen molar-refractivity contribution in [3.8, 4) is 0 Å². The van der Waals surface area contributed by atoms with Gasteiger partial charge in [0.1, 0.15) is 0 Å². The highest BCUT2D eigenvalue weighted by atomic mass is 16.5. The van der Waals surface area contributed by atoms with E-state index in [1.807, 2.05) is 7.11 Å². The predicted molar refractivity (Wildman–Crippen MR) is 158 cm³/mol. The molecular weight excluding hydrogens is 424 g/mol. The van der Waals surface area contributed by atoms with E-state index in [4.69, 9.17) is 4.74 Å². The van der Waals surface area contributed by atoms with Gasteiger partial charge in [-0.3, -0.25) is 0 Å². The maximum atomic E-state index is 6.05. The second kappa shape index (κ2) is 19.1. The van der Waals surface area contributed by atoms with Crippen LogP contribution in [-0.4, -0.2) is 13.2 Å². The van der Waals surface area contributed by atoms with E-state index in [1.165, 1.54) is 88.2 Å². The summed E-state index contributed by atoms with van der Waals surface area (Å²) in [5.74, 6) is 3.64. The van der Waals surface area contributed by atoms with Crippen LogP contribution in [0.2, 0.25) is 0 Å². The zero-order valence-electron chi connectivity index (χ0n) is 24.7. The lowest BCUT2D eigenvalue weighted by Gasteiger charge is -2.32. The van der Waals surface area contributed by atoms with Crippen LogP contribution in [0.3, 0.4) is 0 Å². The molecule has 5 atom stereocenters. The molecule has 5 unspecified atom stereocenters. The van der Waals surface area contributed by atoms with E-state index in [0.717, 1.165) is 24.2 Å². The fourth-order valence-electron chi connectivity index (χ4n) is 6.56. The molecule has 0 saturated heterocycles. The van der Waals surface area contributed by atoms with Crippen molar-refractivity contribution in [2.45, 2.75) is 131 Å². The van der Waals surface area contributed by atoms with Gasteiger partial charge in [-0.1, -0.05) is 127 Å². The van der Waals surface area contributed by atoms with E-state index in [-0.39, 0.29) is 0 Å². The lowest BCUT2D eigenvalue weighted by molar-refractivity contribution is -0.00211. The predicted octanol–water partition coefficient (Wildman–Crippen LogP) is 10.9. The van der Waals surface area contributed by atoms with Crippen molar-refractivity contribution in [2.75, 3.05) is 7.11 Å². The molecule has 1 rings (SSSR count). The first-order valence-corrected chi connectivity index (χ1v) is 15.0. The second-order valence-corrected chi connectivity index (χ2v) is 11.6. The van der Waals surface area contributed by atoms with Gasteiger partial charge in [0.25, 0.3) is 0 Å². The number of hydrogen-bond acceptors (Lipinski definition) is 1. The molecule has 0 spiro atoms. The lowest BCUT2D eigenvalue weighted by atomic mass is 9.80. The number of ether oxygens (including phenoxy) is 1. The second-order valence-electron chi connectivity index (χ2n) is 11.6. The molecule has 0 radical (unpaired) electrons. The number of rotatable bonds is 19. The minimum absolute atomic E-state index is 0.351. The Balaban J connectivity index is 2.54.